The second kappa shape index (κ2) is 5.84. The van der Waals surface area contributed by atoms with Gasteiger partial charge in [-0.1, -0.05) is 23.7 Å². The molecule has 0 saturated carbocycles. The molecule has 5 heteroatoms. The molecule has 0 radical (unpaired) electrons. The Morgan fingerprint density at radius 3 is 2.60 bits per heavy atom. The molecule has 0 saturated heterocycles. The summed E-state index contributed by atoms with van der Waals surface area (Å²) in [6, 6.07) is 11.1. The number of halogens is 1. The summed E-state index contributed by atoms with van der Waals surface area (Å²) in [5, 5.41) is 19.5. The van der Waals surface area contributed by atoms with Gasteiger partial charge in [0.2, 0.25) is 0 Å². The summed E-state index contributed by atoms with van der Waals surface area (Å²) >= 11 is 5.90. The van der Waals surface area contributed by atoms with E-state index in [9.17, 15) is 15.0 Å². The highest BCUT2D eigenvalue weighted by molar-refractivity contribution is 6.30. The third-order valence-electron chi connectivity index (χ3n) is 2.87. The van der Waals surface area contributed by atoms with Gasteiger partial charge < -0.3 is 15.1 Å². The van der Waals surface area contributed by atoms with Gasteiger partial charge in [-0.3, -0.25) is 4.79 Å². The molecule has 2 aromatic carbocycles. The summed E-state index contributed by atoms with van der Waals surface area (Å²) in [6.07, 6.45) is 0. The van der Waals surface area contributed by atoms with E-state index in [1.807, 2.05) is 12.1 Å². The molecule has 0 aliphatic heterocycles. The molecule has 1 amide bonds. The second-order valence-electron chi connectivity index (χ2n) is 4.49. The summed E-state index contributed by atoms with van der Waals surface area (Å²) in [5.74, 6) is -0.660. The first-order valence-electron chi connectivity index (χ1n) is 5.99. The van der Waals surface area contributed by atoms with Crippen molar-refractivity contribution in [1.29, 1.82) is 0 Å². The van der Waals surface area contributed by atoms with E-state index in [1.165, 1.54) is 17.0 Å². The fraction of sp³-hybridized carbons (Fsp3) is 0.133. The van der Waals surface area contributed by atoms with Crippen LogP contribution in [0.4, 0.5) is 0 Å². The van der Waals surface area contributed by atoms with Crippen LogP contribution in [-0.2, 0) is 6.54 Å². The van der Waals surface area contributed by atoms with Crippen molar-refractivity contribution in [3.63, 3.8) is 0 Å². The average Bonchev–Trinajstić information content (AvgIpc) is 2.38. The first-order chi connectivity index (χ1) is 9.47. The number of carbonyl (C=O) groups is 1. The maximum absolute atomic E-state index is 12.2. The monoisotopic (exact) mass is 291 g/mol. The first-order valence-corrected chi connectivity index (χ1v) is 6.37. The highest BCUT2D eigenvalue weighted by Gasteiger charge is 2.16. The lowest BCUT2D eigenvalue weighted by atomic mass is 10.1. The maximum Gasteiger partial charge on any atom is 0.257 e. The maximum atomic E-state index is 12.2. The molecule has 4 nitrogen and oxygen atoms in total. The molecule has 0 bridgehead atoms. The number of nitrogens with zero attached hydrogens (tertiary/aromatic N) is 1. The third-order valence-corrected chi connectivity index (χ3v) is 3.10. The standard InChI is InChI=1S/C15H14ClNO3/c1-17(9-10-3-2-4-11(16)7-10)15(20)13-6-5-12(18)8-14(13)19/h2-8,18-19H,9H2,1H3. The predicted octanol–water partition coefficient (Wildman–Crippen LogP) is 3.02. The smallest absolute Gasteiger partial charge is 0.257 e. The summed E-state index contributed by atoms with van der Waals surface area (Å²) in [7, 11) is 1.63. The van der Waals surface area contributed by atoms with Gasteiger partial charge in [-0.25, -0.2) is 0 Å². The van der Waals surface area contributed by atoms with Crippen molar-refractivity contribution in [2.24, 2.45) is 0 Å². The highest BCUT2D eigenvalue weighted by atomic mass is 35.5. The quantitative estimate of drug-likeness (QED) is 0.914. The van der Waals surface area contributed by atoms with Crippen LogP contribution in [0, 0.1) is 0 Å². The van der Waals surface area contributed by atoms with Crippen LogP contribution in [-0.4, -0.2) is 28.1 Å². The first kappa shape index (κ1) is 14.2. The lowest BCUT2D eigenvalue weighted by molar-refractivity contribution is 0.0782. The lowest BCUT2D eigenvalue weighted by Crippen LogP contribution is -2.26. The molecule has 20 heavy (non-hydrogen) atoms. The molecule has 0 heterocycles. The van der Waals surface area contributed by atoms with Gasteiger partial charge in [0.25, 0.3) is 5.91 Å². The van der Waals surface area contributed by atoms with E-state index in [2.05, 4.69) is 0 Å². The SMILES string of the molecule is CN(Cc1cccc(Cl)c1)C(=O)c1ccc(O)cc1O. The van der Waals surface area contributed by atoms with Gasteiger partial charge in [-0.2, -0.15) is 0 Å². The number of carbonyl (C=O) groups excluding carboxylic acids is 1. The topological polar surface area (TPSA) is 60.8 Å². The van der Waals surface area contributed by atoms with Crippen LogP contribution in [0.15, 0.2) is 42.5 Å². The van der Waals surface area contributed by atoms with Crippen LogP contribution >= 0.6 is 11.6 Å². The van der Waals surface area contributed by atoms with Crippen LogP contribution in [0.5, 0.6) is 11.5 Å². The Hall–Kier alpha value is -2.20. The predicted molar refractivity (Wildman–Crippen MR) is 77.0 cm³/mol. The zero-order valence-electron chi connectivity index (χ0n) is 10.9. The van der Waals surface area contributed by atoms with E-state index in [4.69, 9.17) is 11.6 Å². The fourth-order valence-corrected chi connectivity index (χ4v) is 2.10. The van der Waals surface area contributed by atoms with Gasteiger partial charge in [-0.05, 0) is 29.8 Å². The highest BCUT2D eigenvalue weighted by Crippen LogP contribution is 2.24. The summed E-state index contributed by atoms with van der Waals surface area (Å²) in [5.41, 5.74) is 1.04. The molecule has 0 fully saturated rings. The third kappa shape index (κ3) is 3.22. The van der Waals surface area contributed by atoms with Crippen molar-refractivity contribution in [2.75, 3.05) is 7.05 Å². The molecule has 0 aromatic heterocycles. The minimum atomic E-state index is -0.331. The number of hydrogen-bond acceptors (Lipinski definition) is 3. The molecule has 2 rings (SSSR count). The molecular weight excluding hydrogens is 278 g/mol. The summed E-state index contributed by atoms with van der Waals surface area (Å²) < 4.78 is 0. The molecular formula is C15H14ClNO3. The number of rotatable bonds is 3. The Kier molecular flexibility index (Phi) is 4.15. The fourth-order valence-electron chi connectivity index (χ4n) is 1.89. The van der Waals surface area contributed by atoms with E-state index in [0.717, 1.165) is 11.6 Å². The van der Waals surface area contributed by atoms with Crippen LogP contribution in [0.25, 0.3) is 0 Å². The molecule has 2 aromatic rings. The van der Waals surface area contributed by atoms with Gasteiger partial charge in [0.1, 0.15) is 11.5 Å². The van der Waals surface area contributed by atoms with Gasteiger partial charge in [-0.15, -0.1) is 0 Å². The summed E-state index contributed by atoms with van der Waals surface area (Å²) in [4.78, 5) is 13.7. The molecule has 2 N–H and O–H groups in total. The van der Waals surface area contributed by atoms with Crippen LogP contribution in [0.1, 0.15) is 15.9 Å². The van der Waals surface area contributed by atoms with E-state index >= 15 is 0 Å². The van der Waals surface area contributed by atoms with Crippen molar-refractivity contribution >= 4 is 17.5 Å². The van der Waals surface area contributed by atoms with Crippen LogP contribution in [0.3, 0.4) is 0 Å². The molecule has 104 valence electrons. The van der Waals surface area contributed by atoms with Crippen molar-refractivity contribution in [2.45, 2.75) is 6.54 Å². The van der Waals surface area contributed by atoms with Gasteiger partial charge in [0.05, 0.1) is 5.56 Å². The minimum Gasteiger partial charge on any atom is -0.508 e. The van der Waals surface area contributed by atoms with Crippen LogP contribution < -0.4 is 0 Å². The summed E-state index contributed by atoms with van der Waals surface area (Å²) in [6.45, 7) is 0.375. The van der Waals surface area contributed by atoms with E-state index in [-0.39, 0.29) is 23.0 Å². The minimum absolute atomic E-state index is 0.0865. The Morgan fingerprint density at radius 2 is 1.95 bits per heavy atom. The van der Waals surface area contributed by atoms with E-state index in [0.29, 0.717) is 11.6 Å². The zero-order chi connectivity index (χ0) is 14.7. The molecule has 0 aliphatic carbocycles. The number of amides is 1. The number of phenols is 2. The average molecular weight is 292 g/mol. The lowest BCUT2D eigenvalue weighted by Gasteiger charge is -2.18. The Morgan fingerprint density at radius 1 is 1.20 bits per heavy atom. The molecule has 0 atom stereocenters. The van der Waals surface area contributed by atoms with E-state index in [1.54, 1.807) is 19.2 Å². The van der Waals surface area contributed by atoms with E-state index < -0.39 is 0 Å². The number of aromatic hydroxyl groups is 2. The zero-order valence-corrected chi connectivity index (χ0v) is 11.6. The van der Waals surface area contributed by atoms with Gasteiger partial charge in [0, 0.05) is 24.7 Å². The van der Waals surface area contributed by atoms with Crippen molar-refractivity contribution in [3.05, 3.63) is 58.6 Å². The van der Waals surface area contributed by atoms with Gasteiger partial charge >= 0.3 is 0 Å². The molecule has 0 unspecified atom stereocenters. The Labute approximate surface area is 121 Å². The second-order valence-corrected chi connectivity index (χ2v) is 4.93. The number of phenolic OH excluding ortho intramolecular Hbond substituents is 2. The Balaban J connectivity index is 2.16. The normalized spacial score (nSPS) is 10.3. The van der Waals surface area contributed by atoms with Crippen LogP contribution in [0.2, 0.25) is 5.02 Å². The van der Waals surface area contributed by atoms with Crippen molar-refractivity contribution in [1.82, 2.24) is 4.90 Å². The van der Waals surface area contributed by atoms with Crippen molar-refractivity contribution < 1.29 is 15.0 Å². The van der Waals surface area contributed by atoms with Crippen molar-refractivity contribution in [3.8, 4) is 11.5 Å². The molecule has 0 aliphatic rings. The van der Waals surface area contributed by atoms with Gasteiger partial charge in [0.15, 0.2) is 0 Å². The number of hydrogen-bond donors (Lipinski definition) is 2. The largest absolute Gasteiger partial charge is 0.508 e. The molecule has 0 spiro atoms. The Bertz CT molecular complexity index is 643. The number of benzene rings is 2.